The van der Waals surface area contributed by atoms with Crippen LogP contribution >= 0.6 is 0 Å². The highest BCUT2D eigenvalue weighted by Gasteiger charge is 2.33. The Hall–Kier alpha value is -6.85. The van der Waals surface area contributed by atoms with Crippen molar-refractivity contribution >= 4 is 56.7 Å². The van der Waals surface area contributed by atoms with E-state index in [0.717, 1.165) is 103 Å². The summed E-state index contributed by atoms with van der Waals surface area (Å²) in [6.07, 6.45) is 8.58. The van der Waals surface area contributed by atoms with Gasteiger partial charge in [0.1, 0.15) is 17.5 Å². The van der Waals surface area contributed by atoms with Crippen LogP contribution in [0.3, 0.4) is 0 Å². The van der Waals surface area contributed by atoms with Crippen LogP contribution in [-0.4, -0.2) is 122 Å². The van der Waals surface area contributed by atoms with Gasteiger partial charge in [-0.3, -0.25) is 48.0 Å². The van der Waals surface area contributed by atoms with Gasteiger partial charge >= 0.3 is 5.69 Å². The minimum Gasteiger partial charge on any atom is -0.388 e. The number of aromatic nitrogens is 5. The number of piperazine rings is 1. The highest BCUT2D eigenvalue weighted by molar-refractivity contribution is 6.00. The molecule has 16 nitrogen and oxygen atoms in total. The Morgan fingerprint density at radius 1 is 0.884 bits per heavy atom. The summed E-state index contributed by atoms with van der Waals surface area (Å²) in [7, 11) is 5.51. The Balaban J connectivity index is 0.726. The molecule has 17 heteroatoms. The lowest BCUT2D eigenvalue weighted by atomic mass is 9.92. The Morgan fingerprint density at radius 3 is 2.36 bits per heavy atom. The molecule has 2 atom stereocenters. The summed E-state index contributed by atoms with van der Waals surface area (Å²) in [5.74, 6) is -0.776. The van der Waals surface area contributed by atoms with E-state index in [2.05, 4.69) is 54.0 Å². The first-order valence-corrected chi connectivity index (χ1v) is 24.2. The first-order valence-electron chi connectivity index (χ1n) is 24.2. The van der Waals surface area contributed by atoms with Gasteiger partial charge in [0.2, 0.25) is 11.8 Å². The maximum atomic E-state index is 16.1. The van der Waals surface area contributed by atoms with Crippen molar-refractivity contribution in [2.24, 2.45) is 20.0 Å². The number of fused-ring (bicyclic) bond motifs is 2. The number of piperidine rings is 2. The Labute approximate surface area is 399 Å². The number of carbonyl (C=O) groups is 3. The third kappa shape index (κ3) is 8.55. The number of nitrogens with one attached hydrogen (secondary N) is 2. The fraction of sp³-hybridized carbons (Fsp3) is 0.423. The van der Waals surface area contributed by atoms with E-state index in [9.17, 15) is 24.0 Å². The van der Waals surface area contributed by atoms with Gasteiger partial charge in [-0.2, -0.15) is 0 Å². The van der Waals surface area contributed by atoms with Crippen LogP contribution in [0, 0.1) is 18.7 Å². The van der Waals surface area contributed by atoms with E-state index in [4.69, 9.17) is 0 Å². The highest BCUT2D eigenvalue weighted by Crippen LogP contribution is 2.35. The fourth-order valence-corrected chi connectivity index (χ4v) is 11.2. The van der Waals surface area contributed by atoms with Gasteiger partial charge in [-0.05, 0) is 105 Å². The number of imide groups is 1. The molecule has 2 aromatic carbocycles. The number of benzene rings is 2. The van der Waals surface area contributed by atoms with E-state index in [-0.39, 0.29) is 41.3 Å². The van der Waals surface area contributed by atoms with Crippen LogP contribution in [0.25, 0.3) is 33.3 Å². The molecule has 0 bridgehead atoms. The number of hydrogen-bond donors (Lipinski definition) is 2. The van der Waals surface area contributed by atoms with E-state index in [1.54, 1.807) is 41.7 Å². The lowest BCUT2D eigenvalue weighted by Crippen LogP contribution is -2.49. The maximum absolute atomic E-state index is 16.1. The van der Waals surface area contributed by atoms with Crippen LogP contribution in [0.5, 0.6) is 0 Å². The molecule has 4 aliphatic rings. The third-order valence-electron chi connectivity index (χ3n) is 15.2. The average Bonchev–Trinajstić information content (AvgIpc) is 3.82. The van der Waals surface area contributed by atoms with Gasteiger partial charge in [-0.25, -0.2) is 14.2 Å². The monoisotopic (exact) mass is 937 g/mol. The van der Waals surface area contributed by atoms with Gasteiger partial charge in [-0.1, -0.05) is 6.08 Å². The van der Waals surface area contributed by atoms with E-state index in [1.807, 2.05) is 55.3 Å². The van der Waals surface area contributed by atoms with Crippen molar-refractivity contribution in [3.63, 3.8) is 0 Å². The molecule has 4 aliphatic heterocycles. The quantitative estimate of drug-likeness (QED) is 0.172. The molecule has 3 saturated heterocycles. The number of aryl methyl sites for hydroxylation is 3. The van der Waals surface area contributed by atoms with Gasteiger partial charge in [0.25, 0.3) is 11.5 Å². The Morgan fingerprint density at radius 2 is 1.67 bits per heavy atom. The highest BCUT2D eigenvalue weighted by atomic mass is 19.1. The summed E-state index contributed by atoms with van der Waals surface area (Å²) in [5, 5.41) is 6.28. The molecule has 4 aromatic heterocycles. The predicted molar refractivity (Wildman–Crippen MR) is 265 cm³/mol. The molecule has 0 aliphatic carbocycles. The molecule has 3 amide bonds. The van der Waals surface area contributed by atoms with Crippen molar-refractivity contribution in [3.05, 3.63) is 122 Å². The molecule has 3 fully saturated rings. The molecule has 6 aromatic rings. The van der Waals surface area contributed by atoms with Crippen molar-refractivity contribution in [3.8, 4) is 5.69 Å². The smallest absolute Gasteiger partial charge is 0.329 e. The van der Waals surface area contributed by atoms with Crippen LogP contribution in [0.4, 0.5) is 15.8 Å². The molecular formula is C52H60FN11O5. The first-order chi connectivity index (χ1) is 33.3. The number of anilines is 2. The number of amides is 3. The second kappa shape index (κ2) is 18.6. The number of likely N-dealkylation sites (tertiary alicyclic amines) is 1. The molecule has 69 heavy (non-hydrogen) atoms. The first kappa shape index (κ1) is 45.9. The fourth-order valence-electron chi connectivity index (χ4n) is 11.2. The minimum absolute atomic E-state index is 0.0291. The normalized spacial score (nSPS) is 19.3. The molecule has 2 N–H and O–H groups in total. The van der Waals surface area contributed by atoms with Gasteiger partial charge < -0.3 is 19.7 Å². The Bertz CT molecular complexity index is 3140. The zero-order valence-electron chi connectivity index (χ0n) is 40.0. The number of hydrogen-bond acceptors (Lipinski definition) is 10. The van der Waals surface area contributed by atoms with E-state index in [0.29, 0.717) is 55.0 Å². The van der Waals surface area contributed by atoms with Crippen LogP contribution < -0.4 is 26.8 Å². The maximum Gasteiger partial charge on any atom is 0.329 e. The number of nitrogens with zero attached hydrogens (tertiary/aromatic N) is 9. The largest absolute Gasteiger partial charge is 0.388 e. The molecule has 8 heterocycles. The van der Waals surface area contributed by atoms with Gasteiger partial charge in [0.05, 0.1) is 16.7 Å². The van der Waals surface area contributed by atoms with Crippen LogP contribution in [0.2, 0.25) is 0 Å². The van der Waals surface area contributed by atoms with Gasteiger partial charge in [0.15, 0.2) is 0 Å². The Kier molecular flexibility index (Phi) is 12.4. The number of carbonyl (C=O) groups excluding carboxylic acids is 3. The number of halogens is 1. The summed E-state index contributed by atoms with van der Waals surface area (Å²) in [6, 6.07) is 16.0. The molecule has 1 unspecified atom stereocenters. The van der Waals surface area contributed by atoms with Gasteiger partial charge in [0, 0.05) is 145 Å². The average molecular weight is 938 g/mol. The standard InChI is InChI=1S/C52H60FN11O5/c1-32-26-36(27-40(53)48(32)35-13-19-60(20-14-35)33(2)44-30-39-41(10-16-55-49(39)57(44)4)63-21-15-37(54-3)28-47(63)66)51(68)62-17-11-34(12-18-62)31-59-22-24-61(25-23-59)38-6-7-42-45(29-38)58(5)52(69)64(42)43-8-9-46(65)56-50(43)67/h6-7,10,13,15-16,21,26-30,33-34,43,54H,8-9,11-12,14,17-20,22-25,31H2,1-5H3,(H,56,65,67)/t33-,43?/m0/s1. The van der Waals surface area contributed by atoms with Crippen molar-refractivity contribution in [1.82, 2.24) is 43.3 Å². The predicted octanol–water partition coefficient (Wildman–Crippen LogP) is 5.37. The van der Waals surface area contributed by atoms with E-state index in [1.165, 1.54) is 10.6 Å². The van der Waals surface area contributed by atoms with Crippen LogP contribution in [0.1, 0.15) is 78.3 Å². The molecular weight excluding hydrogens is 878 g/mol. The third-order valence-corrected chi connectivity index (χ3v) is 15.2. The van der Waals surface area contributed by atoms with Crippen molar-refractivity contribution < 1.29 is 18.8 Å². The van der Waals surface area contributed by atoms with Crippen LogP contribution in [-0.2, 0) is 23.7 Å². The summed E-state index contributed by atoms with van der Waals surface area (Å²) in [5.41, 5.74) is 8.13. The molecule has 10 rings (SSSR count). The lowest BCUT2D eigenvalue weighted by Gasteiger charge is -2.39. The lowest BCUT2D eigenvalue weighted by molar-refractivity contribution is -0.135. The second-order valence-electron chi connectivity index (χ2n) is 19.2. The summed E-state index contributed by atoms with van der Waals surface area (Å²) in [4.78, 5) is 78.2. The van der Waals surface area contributed by atoms with E-state index < -0.39 is 11.9 Å². The van der Waals surface area contributed by atoms with Crippen LogP contribution in [0.15, 0.2) is 82.7 Å². The topological polar surface area (TPSA) is 155 Å². The summed E-state index contributed by atoms with van der Waals surface area (Å²) < 4.78 is 22.9. The zero-order valence-corrected chi connectivity index (χ0v) is 40.0. The summed E-state index contributed by atoms with van der Waals surface area (Å²) in [6.45, 7) is 11.1. The SMILES string of the molecule is CNc1ccn(-c2ccnc3c2cc([C@H](C)N2CC=C(c4c(C)cc(C(=O)N5CCC(CN6CCN(c7ccc8c(c7)n(C)c(=O)n8C7CCC(=O)NC7=O)CC6)CC5)cc4F)CC2)n3C)c(=O)c1. The zero-order chi connectivity index (χ0) is 48.2. The summed E-state index contributed by atoms with van der Waals surface area (Å²) >= 11 is 0. The number of pyridine rings is 2. The molecule has 360 valence electrons. The van der Waals surface area contributed by atoms with Gasteiger partial charge in [-0.15, -0.1) is 0 Å². The van der Waals surface area contributed by atoms with E-state index >= 15 is 4.39 Å². The van der Waals surface area contributed by atoms with Crippen molar-refractivity contribution in [2.75, 3.05) is 76.2 Å². The van der Waals surface area contributed by atoms with Crippen molar-refractivity contribution in [2.45, 2.75) is 58.0 Å². The van der Waals surface area contributed by atoms with Crippen molar-refractivity contribution in [1.29, 1.82) is 0 Å². The molecule has 0 saturated carbocycles. The number of rotatable bonds is 10. The molecule has 0 spiro atoms. The number of imidazole rings is 1. The second-order valence-corrected chi connectivity index (χ2v) is 19.2. The molecule has 0 radical (unpaired) electrons. The minimum atomic E-state index is -0.714.